The van der Waals surface area contributed by atoms with Gasteiger partial charge in [-0.1, -0.05) is 0 Å². The third-order valence-electron chi connectivity index (χ3n) is 2.63. The van der Waals surface area contributed by atoms with Crippen LogP contribution in [-0.4, -0.2) is 17.7 Å². The van der Waals surface area contributed by atoms with Gasteiger partial charge in [-0.2, -0.15) is 0 Å². The molecule has 3 heteroatoms. The molecule has 0 fully saturated rings. The van der Waals surface area contributed by atoms with Gasteiger partial charge in [0, 0.05) is 11.1 Å². The van der Waals surface area contributed by atoms with Gasteiger partial charge >= 0.3 is 0 Å². The van der Waals surface area contributed by atoms with Crippen LogP contribution in [0.1, 0.15) is 5.69 Å². The molecule has 0 amide bonds. The molecular formula is C13H12NO2. The quantitative estimate of drug-likeness (QED) is 0.675. The van der Waals surface area contributed by atoms with E-state index in [0.717, 1.165) is 28.1 Å². The summed E-state index contributed by atoms with van der Waals surface area (Å²) in [5.74, 6) is 1.54. The average molecular weight is 214 g/mol. The predicted molar refractivity (Wildman–Crippen MR) is 61.7 cm³/mol. The third kappa shape index (κ3) is 1.40. The highest BCUT2D eigenvalue weighted by Gasteiger charge is 2.19. The number of hydrogen-bond acceptors (Lipinski definition) is 3. The molecule has 0 unspecified atom stereocenters. The molecule has 16 heavy (non-hydrogen) atoms. The van der Waals surface area contributed by atoms with E-state index in [9.17, 15) is 0 Å². The van der Waals surface area contributed by atoms with Crippen LogP contribution in [-0.2, 0) is 0 Å². The number of fused-ring (bicyclic) bond motifs is 3. The average Bonchev–Trinajstić information content (AvgIpc) is 2.28. The second-order valence-corrected chi connectivity index (χ2v) is 3.96. The van der Waals surface area contributed by atoms with E-state index < -0.39 is 0 Å². The molecule has 1 aliphatic rings. The minimum Gasteiger partial charge on any atom is -0.486 e. The van der Waals surface area contributed by atoms with Gasteiger partial charge in [0.25, 0.3) is 0 Å². The number of aromatic nitrogens is 1. The van der Waals surface area contributed by atoms with E-state index in [4.69, 9.17) is 9.47 Å². The Morgan fingerprint density at radius 3 is 3.06 bits per heavy atom. The Hall–Kier alpha value is -1.77. The lowest BCUT2D eigenvalue weighted by Crippen LogP contribution is -2.26. The fourth-order valence-electron chi connectivity index (χ4n) is 1.88. The molecule has 3 rings (SSSR count). The standard InChI is InChI=1S/C13H12NO2/c1-8-3-4-10-11(14-8)5-6-12-13(10)16-9(2)7-15-12/h3-6,9H,2,7H2,1H3/t9-/m1/s1. The van der Waals surface area contributed by atoms with Crippen LogP contribution in [0.4, 0.5) is 0 Å². The number of rotatable bonds is 0. The smallest absolute Gasteiger partial charge is 0.171 e. The molecule has 0 saturated heterocycles. The van der Waals surface area contributed by atoms with E-state index in [1.165, 1.54) is 0 Å². The van der Waals surface area contributed by atoms with Crippen LogP contribution in [0.15, 0.2) is 24.3 Å². The molecule has 1 aromatic carbocycles. The molecule has 0 saturated carbocycles. The molecular weight excluding hydrogens is 202 g/mol. The summed E-state index contributed by atoms with van der Waals surface area (Å²) in [6.07, 6.45) is -0.153. The van der Waals surface area contributed by atoms with Crippen molar-refractivity contribution in [3.05, 3.63) is 36.9 Å². The van der Waals surface area contributed by atoms with Crippen molar-refractivity contribution < 1.29 is 9.47 Å². The minimum absolute atomic E-state index is 0.153. The highest BCUT2D eigenvalue weighted by Crippen LogP contribution is 2.38. The van der Waals surface area contributed by atoms with Gasteiger partial charge in [0.15, 0.2) is 11.5 Å². The summed E-state index contributed by atoms with van der Waals surface area (Å²) < 4.78 is 11.3. The van der Waals surface area contributed by atoms with Gasteiger partial charge < -0.3 is 9.47 Å². The predicted octanol–water partition coefficient (Wildman–Crippen LogP) is 2.52. The van der Waals surface area contributed by atoms with Crippen LogP contribution in [0.25, 0.3) is 10.9 Å². The zero-order valence-electron chi connectivity index (χ0n) is 9.06. The maximum absolute atomic E-state index is 5.71. The van der Waals surface area contributed by atoms with Crippen molar-refractivity contribution in [1.82, 2.24) is 4.98 Å². The van der Waals surface area contributed by atoms with Crippen LogP contribution in [0.5, 0.6) is 11.5 Å². The van der Waals surface area contributed by atoms with E-state index in [1.54, 1.807) is 0 Å². The van der Waals surface area contributed by atoms with Crippen LogP contribution in [0.3, 0.4) is 0 Å². The van der Waals surface area contributed by atoms with Crippen LogP contribution in [0.2, 0.25) is 0 Å². The molecule has 2 aromatic rings. The van der Waals surface area contributed by atoms with Gasteiger partial charge in [0.05, 0.1) is 5.52 Å². The van der Waals surface area contributed by atoms with Gasteiger partial charge in [-0.25, -0.2) is 0 Å². The molecule has 1 aliphatic heterocycles. The van der Waals surface area contributed by atoms with E-state index in [-0.39, 0.29) is 6.10 Å². The SMILES string of the molecule is [CH2][C@@H]1COc2ccc3nc(C)ccc3c2O1. The minimum atomic E-state index is -0.153. The fraction of sp³-hybridized carbons (Fsp3) is 0.231. The van der Waals surface area contributed by atoms with E-state index >= 15 is 0 Å². The van der Waals surface area contributed by atoms with Crippen LogP contribution in [0, 0.1) is 13.8 Å². The van der Waals surface area contributed by atoms with Crippen molar-refractivity contribution in [2.75, 3.05) is 6.61 Å². The van der Waals surface area contributed by atoms with Crippen LogP contribution < -0.4 is 9.47 Å². The molecule has 0 spiro atoms. The lowest BCUT2D eigenvalue weighted by molar-refractivity contribution is 0.123. The Bertz CT molecular complexity index is 551. The van der Waals surface area contributed by atoms with Gasteiger partial charge in [0.2, 0.25) is 0 Å². The summed E-state index contributed by atoms with van der Waals surface area (Å²) >= 11 is 0. The van der Waals surface area contributed by atoms with Crippen molar-refractivity contribution in [1.29, 1.82) is 0 Å². The topological polar surface area (TPSA) is 31.4 Å². The third-order valence-corrected chi connectivity index (χ3v) is 2.63. The monoisotopic (exact) mass is 214 g/mol. The highest BCUT2D eigenvalue weighted by atomic mass is 16.6. The Morgan fingerprint density at radius 2 is 2.19 bits per heavy atom. The second kappa shape index (κ2) is 3.37. The lowest BCUT2D eigenvalue weighted by atomic mass is 10.1. The van der Waals surface area contributed by atoms with E-state index in [0.29, 0.717) is 6.61 Å². The molecule has 1 aromatic heterocycles. The van der Waals surface area contributed by atoms with Crippen LogP contribution >= 0.6 is 0 Å². The Labute approximate surface area is 94.0 Å². The summed E-state index contributed by atoms with van der Waals surface area (Å²) in [7, 11) is 0. The Kier molecular flexibility index (Phi) is 1.99. The molecule has 0 bridgehead atoms. The van der Waals surface area contributed by atoms with E-state index in [1.807, 2.05) is 31.2 Å². The van der Waals surface area contributed by atoms with Gasteiger partial charge in [0.1, 0.15) is 12.7 Å². The van der Waals surface area contributed by atoms with Crippen molar-refractivity contribution in [2.45, 2.75) is 13.0 Å². The molecule has 2 heterocycles. The van der Waals surface area contributed by atoms with Gasteiger partial charge in [-0.15, -0.1) is 0 Å². The number of aryl methyl sites for hydroxylation is 1. The first-order valence-corrected chi connectivity index (χ1v) is 5.27. The second-order valence-electron chi connectivity index (χ2n) is 3.96. The lowest BCUT2D eigenvalue weighted by Gasteiger charge is -2.24. The number of benzene rings is 1. The number of hydrogen-bond donors (Lipinski definition) is 0. The summed E-state index contributed by atoms with van der Waals surface area (Å²) in [6.45, 7) is 6.32. The number of pyridine rings is 1. The van der Waals surface area contributed by atoms with Crippen molar-refractivity contribution >= 4 is 10.9 Å². The molecule has 0 N–H and O–H groups in total. The van der Waals surface area contributed by atoms with E-state index in [2.05, 4.69) is 11.9 Å². The van der Waals surface area contributed by atoms with Crippen molar-refractivity contribution in [2.24, 2.45) is 0 Å². The summed E-state index contributed by atoms with van der Waals surface area (Å²) in [4.78, 5) is 4.45. The maximum Gasteiger partial charge on any atom is 0.171 e. The highest BCUT2D eigenvalue weighted by molar-refractivity contribution is 5.88. The van der Waals surface area contributed by atoms with Crippen molar-refractivity contribution in [3.8, 4) is 11.5 Å². The maximum atomic E-state index is 5.71. The fourth-order valence-corrected chi connectivity index (χ4v) is 1.88. The zero-order valence-corrected chi connectivity index (χ0v) is 9.06. The first-order chi connectivity index (χ1) is 7.74. The Morgan fingerprint density at radius 1 is 1.31 bits per heavy atom. The number of nitrogens with zero attached hydrogens (tertiary/aromatic N) is 1. The largest absolute Gasteiger partial charge is 0.486 e. The summed E-state index contributed by atoms with van der Waals surface area (Å²) in [5.41, 5.74) is 1.92. The first kappa shape index (κ1) is 9.46. The molecule has 1 radical (unpaired) electrons. The van der Waals surface area contributed by atoms with Gasteiger partial charge in [-0.05, 0) is 38.1 Å². The normalized spacial score (nSPS) is 18.8. The molecule has 1 atom stereocenters. The molecule has 0 aliphatic carbocycles. The van der Waals surface area contributed by atoms with Crippen molar-refractivity contribution in [3.63, 3.8) is 0 Å². The summed E-state index contributed by atoms with van der Waals surface area (Å²) in [5, 5.41) is 0.983. The Balaban J connectivity index is 2.26. The summed E-state index contributed by atoms with van der Waals surface area (Å²) in [6, 6.07) is 7.83. The van der Waals surface area contributed by atoms with Gasteiger partial charge in [-0.3, -0.25) is 4.98 Å². The first-order valence-electron chi connectivity index (χ1n) is 5.27. The molecule has 81 valence electrons. The molecule has 3 nitrogen and oxygen atoms in total. The zero-order chi connectivity index (χ0) is 11.1. The number of ether oxygens (including phenoxy) is 2.